The number of fused-ring (bicyclic) bond motifs is 1. The number of likely N-dealkylation sites (tertiary alicyclic amines) is 1. The standard InChI is InChI=1S/C12H16N4O/c17-12(16-3-1-2-4-16)8-15-6-10-5-13-9-14-11(10)7-15/h5,9H,1-4,6-8H2. The molecular formula is C12H16N4O. The molecule has 1 fully saturated rings. The van der Waals surface area contributed by atoms with Gasteiger partial charge in [0.1, 0.15) is 6.33 Å². The Morgan fingerprint density at radius 3 is 2.88 bits per heavy atom. The van der Waals surface area contributed by atoms with E-state index in [0.717, 1.165) is 50.3 Å². The fourth-order valence-electron chi connectivity index (χ4n) is 2.54. The Morgan fingerprint density at radius 2 is 2.12 bits per heavy atom. The highest BCUT2D eigenvalue weighted by Crippen LogP contribution is 2.19. The Kier molecular flexibility index (Phi) is 2.76. The summed E-state index contributed by atoms with van der Waals surface area (Å²) in [6, 6.07) is 0. The minimum Gasteiger partial charge on any atom is -0.342 e. The Labute approximate surface area is 100 Å². The van der Waals surface area contributed by atoms with Gasteiger partial charge in [-0.15, -0.1) is 0 Å². The van der Waals surface area contributed by atoms with E-state index in [1.165, 1.54) is 0 Å². The van der Waals surface area contributed by atoms with Crippen molar-refractivity contribution in [3.63, 3.8) is 0 Å². The van der Waals surface area contributed by atoms with Gasteiger partial charge >= 0.3 is 0 Å². The minimum atomic E-state index is 0.253. The summed E-state index contributed by atoms with van der Waals surface area (Å²) in [4.78, 5) is 24.4. The number of carbonyl (C=O) groups is 1. The van der Waals surface area contributed by atoms with Gasteiger partial charge in [0.05, 0.1) is 12.2 Å². The van der Waals surface area contributed by atoms with Gasteiger partial charge in [-0.2, -0.15) is 0 Å². The van der Waals surface area contributed by atoms with Crippen LogP contribution in [0.2, 0.25) is 0 Å². The van der Waals surface area contributed by atoms with Crippen LogP contribution >= 0.6 is 0 Å². The molecular weight excluding hydrogens is 216 g/mol. The van der Waals surface area contributed by atoms with Gasteiger partial charge in [0, 0.05) is 37.9 Å². The number of rotatable bonds is 2. The highest BCUT2D eigenvalue weighted by atomic mass is 16.2. The summed E-state index contributed by atoms with van der Waals surface area (Å²) in [5.74, 6) is 0.253. The molecule has 0 aliphatic carbocycles. The van der Waals surface area contributed by atoms with Gasteiger partial charge in [-0.25, -0.2) is 9.97 Å². The normalized spacial score (nSPS) is 19.6. The van der Waals surface area contributed by atoms with Gasteiger partial charge in [0.2, 0.25) is 5.91 Å². The van der Waals surface area contributed by atoms with Gasteiger partial charge < -0.3 is 4.90 Å². The molecule has 0 N–H and O–H groups in total. The van der Waals surface area contributed by atoms with Crippen LogP contribution in [0, 0.1) is 0 Å². The van der Waals surface area contributed by atoms with E-state index in [-0.39, 0.29) is 5.91 Å². The van der Waals surface area contributed by atoms with Gasteiger partial charge in [-0.1, -0.05) is 0 Å². The molecule has 0 bridgehead atoms. The molecule has 5 heteroatoms. The Balaban J connectivity index is 1.60. The third-order valence-electron chi connectivity index (χ3n) is 3.47. The average Bonchev–Trinajstić information content (AvgIpc) is 2.97. The lowest BCUT2D eigenvalue weighted by atomic mass is 10.3. The summed E-state index contributed by atoms with van der Waals surface area (Å²) in [5, 5.41) is 0. The van der Waals surface area contributed by atoms with Crippen LogP contribution in [0.4, 0.5) is 0 Å². The lowest BCUT2D eigenvalue weighted by Gasteiger charge is -2.20. The molecule has 17 heavy (non-hydrogen) atoms. The van der Waals surface area contributed by atoms with E-state index in [0.29, 0.717) is 6.54 Å². The van der Waals surface area contributed by atoms with Crippen molar-refractivity contribution >= 4 is 5.91 Å². The molecule has 0 spiro atoms. The molecule has 90 valence electrons. The Morgan fingerprint density at radius 1 is 1.29 bits per heavy atom. The van der Waals surface area contributed by atoms with E-state index < -0.39 is 0 Å². The van der Waals surface area contributed by atoms with E-state index in [4.69, 9.17) is 0 Å². The first-order chi connectivity index (χ1) is 8.33. The zero-order chi connectivity index (χ0) is 11.7. The fraction of sp³-hybridized carbons (Fsp3) is 0.583. The SMILES string of the molecule is O=C(CN1Cc2cncnc2C1)N1CCCC1. The van der Waals surface area contributed by atoms with Crippen molar-refractivity contribution in [1.82, 2.24) is 19.8 Å². The van der Waals surface area contributed by atoms with Gasteiger partial charge in [-0.3, -0.25) is 9.69 Å². The molecule has 2 aliphatic rings. The summed E-state index contributed by atoms with van der Waals surface area (Å²) >= 11 is 0. The number of carbonyl (C=O) groups excluding carboxylic acids is 1. The maximum absolute atomic E-state index is 12.0. The molecule has 1 aromatic rings. The average molecular weight is 232 g/mol. The maximum Gasteiger partial charge on any atom is 0.236 e. The highest BCUT2D eigenvalue weighted by molar-refractivity contribution is 5.78. The molecule has 1 amide bonds. The second-order valence-electron chi connectivity index (χ2n) is 4.73. The van der Waals surface area contributed by atoms with Crippen molar-refractivity contribution in [1.29, 1.82) is 0 Å². The Hall–Kier alpha value is -1.49. The number of amides is 1. The largest absolute Gasteiger partial charge is 0.342 e. The van der Waals surface area contributed by atoms with Crippen LogP contribution in [0.3, 0.4) is 0 Å². The van der Waals surface area contributed by atoms with Crippen LogP contribution in [-0.2, 0) is 17.9 Å². The molecule has 0 aromatic carbocycles. The maximum atomic E-state index is 12.0. The molecule has 0 atom stereocenters. The van der Waals surface area contributed by atoms with Crippen LogP contribution < -0.4 is 0 Å². The van der Waals surface area contributed by atoms with Crippen molar-refractivity contribution in [2.75, 3.05) is 19.6 Å². The predicted octanol–water partition coefficient (Wildman–Crippen LogP) is 0.415. The molecule has 1 aromatic heterocycles. The van der Waals surface area contributed by atoms with E-state index in [9.17, 15) is 4.79 Å². The second kappa shape index (κ2) is 4.41. The first kappa shape index (κ1) is 10.7. The topological polar surface area (TPSA) is 49.3 Å². The van der Waals surface area contributed by atoms with Crippen LogP contribution in [0.5, 0.6) is 0 Å². The first-order valence-corrected chi connectivity index (χ1v) is 6.11. The van der Waals surface area contributed by atoms with E-state index >= 15 is 0 Å². The molecule has 2 aliphatic heterocycles. The Bertz CT molecular complexity index is 403. The number of aromatic nitrogens is 2. The van der Waals surface area contributed by atoms with Gasteiger partial charge in [0.25, 0.3) is 0 Å². The summed E-state index contributed by atoms with van der Waals surface area (Å²) in [6.45, 7) is 3.95. The third kappa shape index (κ3) is 2.15. The molecule has 3 rings (SSSR count). The molecule has 3 heterocycles. The number of hydrogen-bond donors (Lipinski definition) is 0. The van der Waals surface area contributed by atoms with Crippen molar-refractivity contribution in [2.45, 2.75) is 25.9 Å². The van der Waals surface area contributed by atoms with Crippen LogP contribution in [0.25, 0.3) is 0 Å². The smallest absolute Gasteiger partial charge is 0.236 e. The van der Waals surface area contributed by atoms with Crippen molar-refractivity contribution in [3.8, 4) is 0 Å². The third-order valence-corrected chi connectivity index (χ3v) is 3.47. The number of nitrogens with zero attached hydrogens (tertiary/aromatic N) is 4. The number of hydrogen-bond acceptors (Lipinski definition) is 4. The van der Waals surface area contributed by atoms with E-state index in [1.807, 2.05) is 11.1 Å². The van der Waals surface area contributed by atoms with Gasteiger partial charge in [0.15, 0.2) is 0 Å². The predicted molar refractivity (Wildman–Crippen MR) is 62.0 cm³/mol. The summed E-state index contributed by atoms with van der Waals surface area (Å²) in [7, 11) is 0. The van der Waals surface area contributed by atoms with Crippen LogP contribution in [-0.4, -0.2) is 45.3 Å². The fourth-order valence-corrected chi connectivity index (χ4v) is 2.54. The van der Waals surface area contributed by atoms with Crippen molar-refractivity contribution in [3.05, 3.63) is 23.8 Å². The lowest BCUT2D eigenvalue weighted by Crippen LogP contribution is -2.36. The molecule has 0 unspecified atom stereocenters. The zero-order valence-electron chi connectivity index (χ0n) is 9.80. The van der Waals surface area contributed by atoms with Crippen LogP contribution in [0.15, 0.2) is 12.5 Å². The molecule has 1 saturated heterocycles. The summed E-state index contributed by atoms with van der Waals surface area (Å²) in [5.41, 5.74) is 2.22. The quantitative estimate of drug-likeness (QED) is 0.741. The second-order valence-corrected chi connectivity index (χ2v) is 4.73. The zero-order valence-corrected chi connectivity index (χ0v) is 9.80. The highest BCUT2D eigenvalue weighted by Gasteiger charge is 2.25. The van der Waals surface area contributed by atoms with Crippen molar-refractivity contribution in [2.24, 2.45) is 0 Å². The minimum absolute atomic E-state index is 0.253. The monoisotopic (exact) mass is 232 g/mol. The molecule has 0 radical (unpaired) electrons. The molecule has 5 nitrogen and oxygen atoms in total. The van der Waals surface area contributed by atoms with Gasteiger partial charge in [-0.05, 0) is 12.8 Å². The summed E-state index contributed by atoms with van der Waals surface area (Å²) < 4.78 is 0. The van der Waals surface area contributed by atoms with Crippen molar-refractivity contribution < 1.29 is 4.79 Å². The van der Waals surface area contributed by atoms with Crippen LogP contribution in [0.1, 0.15) is 24.1 Å². The lowest BCUT2D eigenvalue weighted by molar-refractivity contribution is -0.131. The molecule has 0 saturated carbocycles. The van der Waals surface area contributed by atoms with E-state index in [2.05, 4.69) is 14.9 Å². The van der Waals surface area contributed by atoms with E-state index in [1.54, 1.807) is 6.33 Å². The first-order valence-electron chi connectivity index (χ1n) is 6.11. The summed E-state index contributed by atoms with van der Waals surface area (Å²) in [6.07, 6.45) is 5.72.